The van der Waals surface area contributed by atoms with Crippen LogP contribution in [0.2, 0.25) is 0 Å². The molecule has 1 N–H and O–H groups in total. The molecule has 0 saturated heterocycles. The molecule has 1 aliphatic rings. The van der Waals surface area contributed by atoms with Crippen LogP contribution in [-0.4, -0.2) is 38.1 Å². The van der Waals surface area contributed by atoms with Crippen LogP contribution in [0.15, 0.2) is 48.9 Å². The normalized spacial score (nSPS) is 18.7. The molecule has 6 heteroatoms. The van der Waals surface area contributed by atoms with Crippen molar-refractivity contribution in [2.75, 3.05) is 11.9 Å². The Morgan fingerprint density at radius 2 is 2.04 bits per heavy atom. The van der Waals surface area contributed by atoms with E-state index in [0.717, 1.165) is 29.3 Å². The quantitative estimate of drug-likeness (QED) is 0.734. The highest BCUT2D eigenvalue weighted by molar-refractivity contribution is 5.89. The van der Waals surface area contributed by atoms with Gasteiger partial charge in [-0.25, -0.2) is 14.8 Å². The Labute approximate surface area is 159 Å². The smallest absolute Gasteiger partial charge is 0.322 e. The molecular weight excluding hydrogens is 338 g/mol. The van der Waals surface area contributed by atoms with Crippen molar-refractivity contribution < 1.29 is 4.79 Å². The van der Waals surface area contributed by atoms with E-state index in [-0.39, 0.29) is 12.1 Å². The van der Waals surface area contributed by atoms with Gasteiger partial charge in [-0.1, -0.05) is 19.1 Å². The number of nitrogens with zero attached hydrogens (tertiary/aromatic N) is 4. The van der Waals surface area contributed by atoms with E-state index in [1.54, 1.807) is 12.5 Å². The van der Waals surface area contributed by atoms with Gasteiger partial charge < -0.3 is 10.2 Å². The summed E-state index contributed by atoms with van der Waals surface area (Å²) in [6, 6.07) is 11.8. The first kappa shape index (κ1) is 17.5. The van der Waals surface area contributed by atoms with Crippen molar-refractivity contribution in [2.45, 2.75) is 33.2 Å². The average molecular weight is 363 g/mol. The van der Waals surface area contributed by atoms with E-state index in [9.17, 15) is 4.79 Å². The number of anilines is 1. The second kappa shape index (κ2) is 7.02. The molecule has 2 amide bonds. The molecule has 3 aromatic rings. The van der Waals surface area contributed by atoms with Crippen LogP contribution in [-0.2, 0) is 0 Å². The van der Waals surface area contributed by atoms with Crippen LogP contribution < -0.4 is 5.32 Å². The maximum Gasteiger partial charge on any atom is 0.322 e. The summed E-state index contributed by atoms with van der Waals surface area (Å²) in [5.41, 5.74) is 2.63. The Morgan fingerprint density at radius 3 is 2.70 bits per heavy atom. The Balaban J connectivity index is 1.48. The molecule has 2 heterocycles. The SMILES string of the molecule is CC(C)N(C[C@@H]1C[C@H]1C)C(=O)Nc1ccc(-n2cnc3ccccc32)nc1. The van der Waals surface area contributed by atoms with Crippen LogP contribution in [0.4, 0.5) is 10.5 Å². The van der Waals surface area contributed by atoms with Crippen LogP contribution >= 0.6 is 0 Å². The average Bonchev–Trinajstić information content (AvgIpc) is 3.19. The number of benzene rings is 1. The largest absolute Gasteiger partial charge is 0.322 e. The Kier molecular flexibility index (Phi) is 4.56. The maximum atomic E-state index is 12.7. The molecule has 2 aromatic heterocycles. The monoisotopic (exact) mass is 363 g/mol. The summed E-state index contributed by atoms with van der Waals surface area (Å²) in [7, 11) is 0. The van der Waals surface area contributed by atoms with Crippen LogP contribution in [0.25, 0.3) is 16.9 Å². The topological polar surface area (TPSA) is 63.1 Å². The number of rotatable bonds is 5. The minimum Gasteiger partial charge on any atom is -0.322 e. The van der Waals surface area contributed by atoms with Crippen molar-refractivity contribution in [3.8, 4) is 5.82 Å². The summed E-state index contributed by atoms with van der Waals surface area (Å²) in [5, 5.41) is 2.98. The van der Waals surface area contributed by atoms with Gasteiger partial charge in [-0.3, -0.25) is 4.57 Å². The summed E-state index contributed by atoms with van der Waals surface area (Å²) < 4.78 is 1.94. The first-order valence-corrected chi connectivity index (χ1v) is 9.49. The highest BCUT2D eigenvalue weighted by Gasteiger charge is 2.35. The van der Waals surface area contributed by atoms with Crippen LogP contribution in [0.1, 0.15) is 27.2 Å². The number of carbonyl (C=O) groups excluding carboxylic acids is 1. The number of hydrogen-bond donors (Lipinski definition) is 1. The Hall–Kier alpha value is -2.89. The third kappa shape index (κ3) is 3.65. The van der Waals surface area contributed by atoms with Crippen molar-refractivity contribution in [2.24, 2.45) is 11.8 Å². The van der Waals surface area contributed by atoms with Gasteiger partial charge in [0.25, 0.3) is 0 Å². The Bertz CT molecular complexity index is 947. The van der Waals surface area contributed by atoms with E-state index in [4.69, 9.17) is 0 Å². The first-order valence-electron chi connectivity index (χ1n) is 9.49. The molecule has 1 aromatic carbocycles. The number of carbonyl (C=O) groups is 1. The molecule has 0 bridgehead atoms. The fourth-order valence-corrected chi connectivity index (χ4v) is 3.37. The van der Waals surface area contributed by atoms with Gasteiger partial charge in [0.1, 0.15) is 12.1 Å². The predicted molar refractivity (Wildman–Crippen MR) is 107 cm³/mol. The summed E-state index contributed by atoms with van der Waals surface area (Å²) in [6.45, 7) is 7.16. The molecule has 1 aliphatic carbocycles. The minimum absolute atomic E-state index is 0.0632. The van der Waals surface area contributed by atoms with Crippen molar-refractivity contribution in [3.63, 3.8) is 0 Å². The molecular formula is C21H25N5O. The minimum atomic E-state index is -0.0632. The molecule has 140 valence electrons. The number of aromatic nitrogens is 3. The lowest BCUT2D eigenvalue weighted by Crippen LogP contribution is -2.41. The second-order valence-corrected chi connectivity index (χ2v) is 7.66. The van der Waals surface area contributed by atoms with Crippen LogP contribution in [0.5, 0.6) is 0 Å². The predicted octanol–water partition coefficient (Wildman–Crippen LogP) is 4.32. The highest BCUT2D eigenvalue weighted by Crippen LogP contribution is 2.38. The van der Waals surface area contributed by atoms with Gasteiger partial charge in [-0.15, -0.1) is 0 Å². The lowest BCUT2D eigenvalue weighted by atomic mass is 10.2. The van der Waals surface area contributed by atoms with E-state index in [0.29, 0.717) is 11.6 Å². The number of para-hydroxylation sites is 2. The lowest BCUT2D eigenvalue weighted by molar-refractivity contribution is 0.193. The van der Waals surface area contributed by atoms with Gasteiger partial charge in [0.2, 0.25) is 0 Å². The molecule has 4 rings (SSSR count). The zero-order valence-electron chi connectivity index (χ0n) is 16.0. The molecule has 2 atom stereocenters. The van der Waals surface area contributed by atoms with Gasteiger partial charge >= 0.3 is 6.03 Å². The fraction of sp³-hybridized carbons (Fsp3) is 0.381. The van der Waals surface area contributed by atoms with Crippen molar-refractivity contribution in [3.05, 3.63) is 48.9 Å². The van der Waals surface area contributed by atoms with E-state index in [1.165, 1.54) is 6.42 Å². The number of nitrogens with one attached hydrogen (secondary N) is 1. The van der Waals surface area contributed by atoms with Crippen LogP contribution in [0.3, 0.4) is 0 Å². The van der Waals surface area contributed by atoms with Gasteiger partial charge in [-0.05, 0) is 56.4 Å². The molecule has 0 aliphatic heterocycles. The third-order valence-corrected chi connectivity index (χ3v) is 5.29. The maximum absolute atomic E-state index is 12.7. The van der Waals surface area contributed by atoms with Crippen molar-refractivity contribution in [1.82, 2.24) is 19.4 Å². The molecule has 1 saturated carbocycles. The summed E-state index contributed by atoms with van der Waals surface area (Å²) in [5.74, 6) is 2.13. The number of pyridine rings is 1. The van der Waals surface area contributed by atoms with E-state index >= 15 is 0 Å². The fourth-order valence-electron chi connectivity index (χ4n) is 3.37. The number of urea groups is 1. The van der Waals surface area contributed by atoms with E-state index in [1.807, 2.05) is 45.9 Å². The summed E-state index contributed by atoms with van der Waals surface area (Å²) in [4.78, 5) is 23.5. The van der Waals surface area contributed by atoms with E-state index < -0.39 is 0 Å². The molecule has 6 nitrogen and oxygen atoms in total. The zero-order valence-corrected chi connectivity index (χ0v) is 16.0. The standard InChI is InChI=1S/C21H25N5O/c1-14(2)25(12-16-10-15(16)3)21(27)24-17-8-9-20(22-11-17)26-13-23-18-6-4-5-7-19(18)26/h4-9,11,13-16H,10,12H2,1-3H3,(H,24,27)/t15-,16+/m1/s1. The molecule has 27 heavy (non-hydrogen) atoms. The van der Waals surface area contributed by atoms with Gasteiger partial charge in [0, 0.05) is 12.6 Å². The Morgan fingerprint density at radius 1 is 1.26 bits per heavy atom. The molecule has 0 spiro atoms. The highest BCUT2D eigenvalue weighted by atomic mass is 16.2. The number of amides is 2. The van der Waals surface area contributed by atoms with Crippen molar-refractivity contribution in [1.29, 1.82) is 0 Å². The van der Waals surface area contributed by atoms with Gasteiger partial charge in [0.05, 0.1) is 22.9 Å². The number of fused-ring (bicyclic) bond motifs is 1. The van der Waals surface area contributed by atoms with E-state index in [2.05, 4.69) is 36.1 Å². The molecule has 1 fully saturated rings. The van der Waals surface area contributed by atoms with Gasteiger partial charge in [-0.2, -0.15) is 0 Å². The van der Waals surface area contributed by atoms with Crippen LogP contribution in [0, 0.1) is 11.8 Å². The first-order chi connectivity index (χ1) is 13.0. The molecule has 0 radical (unpaired) electrons. The molecule has 0 unspecified atom stereocenters. The lowest BCUT2D eigenvalue weighted by Gasteiger charge is -2.27. The van der Waals surface area contributed by atoms with Crippen molar-refractivity contribution >= 4 is 22.8 Å². The summed E-state index contributed by atoms with van der Waals surface area (Å²) >= 11 is 0. The second-order valence-electron chi connectivity index (χ2n) is 7.66. The summed E-state index contributed by atoms with van der Waals surface area (Å²) in [6.07, 6.45) is 4.68. The number of hydrogen-bond acceptors (Lipinski definition) is 3. The third-order valence-electron chi connectivity index (χ3n) is 5.29. The zero-order chi connectivity index (χ0) is 19.0. The van der Waals surface area contributed by atoms with Gasteiger partial charge in [0.15, 0.2) is 0 Å². The number of imidazole rings is 1.